The van der Waals surface area contributed by atoms with Gasteiger partial charge in [0.15, 0.2) is 0 Å². The highest BCUT2D eigenvalue weighted by Crippen LogP contribution is 2.39. The van der Waals surface area contributed by atoms with E-state index in [4.69, 9.17) is 10.5 Å². The van der Waals surface area contributed by atoms with Crippen LogP contribution in [0.5, 0.6) is 11.5 Å². The van der Waals surface area contributed by atoms with Crippen molar-refractivity contribution in [3.8, 4) is 22.1 Å². The third kappa shape index (κ3) is 3.72. The maximum absolute atomic E-state index is 6.10. The maximum atomic E-state index is 6.10. The summed E-state index contributed by atoms with van der Waals surface area (Å²) < 4.78 is 7.41. The van der Waals surface area contributed by atoms with Crippen LogP contribution in [0.25, 0.3) is 31.6 Å². The Bertz CT molecular complexity index is 1250. The molecule has 4 heteroatoms. The Morgan fingerprint density at radius 1 is 0.833 bits per heavy atom. The molecule has 3 aromatic carbocycles. The van der Waals surface area contributed by atoms with Crippen LogP contribution < -0.4 is 10.5 Å². The average Bonchev–Trinajstić information content (AvgIpc) is 3.36. The number of fused-ring (bicyclic) bond motifs is 2. The first-order valence-electron chi connectivity index (χ1n) is 10.4. The molecule has 2 aromatic heterocycles. The van der Waals surface area contributed by atoms with Crippen LogP contribution in [-0.2, 0) is 6.42 Å². The molecule has 0 aliphatic carbocycles. The fraction of sp³-hybridized carbons (Fsp3) is 0.154. The normalized spacial score (nSPS) is 11.4. The van der Waals surface area contributed by atoms with Crippen molar-refractivity contribution in [2.75, 3.05) is 6.54 Å². The van der Waals surface area contributed by atoms with Crippen LogP contribution in [-0.4, -0.2) is 11.5 Å². The van der Waals surface area contributed by atoms with Crippen LogP contribution in [0.1, 0.15) is 18.4 Å². The predicted molar refractivity (Wildman–Crippen MR) is 128 cm³/mol. The van der Waals surface area contributed by atoms with E-state index in [1.807, 2.05) is 47.7 Å². The van der Waals surface area contributed by atoms with E-state index >= 15 is 0 Å². The van der Waals surface area contributed by atoms with E-state index in [1.165, 1.54) is 31.6 Å². The Kier molecular flexibility index (Phi) is 5.26. The predicted octanol–water partition coefficient (Wildman–Crippen LogP) is 7.12. The summed E-state index contributed by atoms with van der Waals surface area (Å²) >= 11 is 1.84. The number of nitrogens with two attached hydrogens (primary N) is 1. The van der Waals surface area contributed by atoms with E-state index in [1.54, 1.807) is 0 Å². The zero-order chi connectivity index (χ0) is 20.3. The monoisotopic (exact) mass is 412 g/mol. The number of hydrogen-bond acceptors (Lipinski definition) is 3. The molecule has 0 bridgehead atoms. The van der Waals surface area contributed by atoms with Crippen LogP contribution in [0.3, 0.4) is 0 Å². The van der Waals surface area contributed by atoms with Crippen LogP contribution in [0.2, 0.25) is 0 Å². The molecule has 0 spiro atoms. The highest BCUT2D eigenvalue weighted by atomic mass is 32.1. The van der Waals surface area contributed by atoms with Crippen molar-refractivity contribution in [2.24, 2.45) is 5.73 Å². The lowest BCUT2D eigenvalue weighted by Crippen LogP contribution is -1.99. The molecule has 5 rings (SSSR count). The number of unbranched alkanes of at least 4 members (excludes halogenated alkanes) is 1. The van der Waals surface area contributed by atoms with E-state index in [0.29, 0.717) is 0 Å². The second kappa shape index (κ2) is 8.34. The van der Waals surface area contributed by atoms with E-state index in [2.05, 4.69) is 47.4 Å². The SMILES string of the molecule is NCCCCc1c(-c2cc3ccccc3s2)[nH]c2ccc(Oc3ccccc3)cc12. The lowest BCUT2D eigenvalue weighted by atomic mass is 10.0. The van der Waals surface area contributed by atoms with Crippen molar-refractivity contribution in [1.82, 2.24) is 4.98 Å². The summed E-state index contributed by atoms with van der Waals surface area (Å²) in [5, 5.41) is 2.52. The summed E-state index contributed by atoms with van der Waals surface area (Å²) in [6.07, 6.45) is 3.10. The Morgan fingerprint density at radius 2 is 1.67 bits per heavy atom. The van der Waals surface area contributed by atoms with Crippen LogP contribution >= 0.6 is 11.3 Å². The largest absolute Gasteiger partial charge is 0.457 e. The molecule has 0 atom stereocenters. The molecular weight excluding hydrogens is 388 g/mol. The molecule has 0 aliphatic rings. The van der Waals surface area contributed by atoms with Gasteiger partial charge in [-0.15, -0.1) is 11.3 Å². The lowest BCUT2D eigenvalue weighted by molar-refractivity contribution is 0.483. The van der Waals surface area contributed by atoms with Gasteiger partial charge in [0.1, 0.15) is 11.5 Å². The minimum Gasteiger partial charge on any atom is -0.457 e. The van der Waals surface area contributed by atoms with Crippen LogP contribution in [0.4, 0.5) is 0 Å². The number of hydrogen-bond donors (Lipinski definition) is 2. The summed E-state index contributed by atoms with van der Waals surface area (Å²) in [4.78, 5) is 4.96. The van der Waals surface area contributed by atoms with E-state index in [-0.39, 0.29) is 0 Å². The standard InChI is InChI=1S/C26H24N2OS/c27-15-7-6-11-21-22-17-20(29-19-9-2-1-3-10-19)13-14-23(22)28-26(21)25-16-18-8-4-5-12-24(18)30-25/h1-5,8-10,12-14,16-17,28H,6-7,11,15,27H2. The number of aromatic nitrogens is 1. The number of benzene rings is 3. The summed E-state index contributed by atoms with van der Waals surface area (Å²) in [7, 11) is 0. The van der Waals surface area contributed by atoms with Gasteiger partial charge in [-0.25, -0.2) is 0 Å². The van der Waals surface area contributed by atoms with Crippen molar-refractivity contribution in [1.29, 1.82) is 0 Å². The summed E-state index contributed by atoms with van der Waals surface area (Å²) in [5.41, 5.74) is 9.48. The minimum absolute atomic E-state index is 0.725. The fourth-order valence-electron chi connectivity index (χ4n) is 3.94. The minimum atomic E-state index is 0.725. The van der Waals surface area contributed by atoms with E-state index < -0.39 is 0 Å². The van der Waals surface area contributed by atoms with Gasteiger partial charge in [0.05, 0.1) is 10.6 Å². The van der Waals surface area contributed by atoms with Gasteiger partial charge in [-0.3, -0.25) is 0 Å². The number of thiophene rings is 1. The fourth-order valence-corrected chi connectivity index (χ4v) is 5.03. The second-order valence-corrected chi connectivity index (χ2v) is 8.58. The lowest BCUT2D eigenvalue weighted by Gasteiger charge is -2.07. The molecule has 0 saturated carbocycles. The molecule has 0 radical (unpaired) electrons. The van der Waals surface area contributed by atoms with Crippen LogP contribution in [0.15, 0.2) is 78.9 Å². The molecule has 3 N–H and O–H groups in total. The number of aryl methyl sites for hydroxylation is 1. The number of nitrogens with one attached hydrogen (secondary N) is 1. The molecule has 3 nitrogen and oxygen atoms in total. The van der Waals surface area contributed by atoms with E-state index in [0.717, 1.165) is 42.8 Å². The third-order valence-corrected chi connectivity index (χ3v) is 6.54. The first kappa shape index (κ1) is 18.9. The molecule has 2 heterocycles. The highest BCUT2D eigenvalue weighted by Gasteiger charge is 2.16. The van der Waals surface area contributed by atoms with Crippen molar-refractivity contribution in [2.45, 2.75) is 19.3 Å². The Balaban J connectivity index is 1.59. The Hall–Kier alpha value is -3.08. The molecule has 0 unspecified atom stereocenters. The molecule has 0 aliphatic heterocycles. The van der Waals surface area contributed by atoms with Gasteiger partial charge in [0.25, 0.3) is 0 Å². The zero-order valence-electron chi connectivity index (χ0n) is 16.7. The highest BCUT2D eigenvalue weighted by molar-refractivity contribution is 7.22. The summed E-state index contributed by atoms with van der Waals surface area (Å²) in [5.74, 6) is 1.71. The van der Waals surface area contributed by atoms with Gasteiger partial charge < -0.3 is 15.5 Å². The van der Waals surface area contributed by atoms with Gasteiger partial charge >= 0.3 is 0 Å². The zero-order valence-corrected chi connectivity index (χ0v) is 17.5. The quantitative estimate of drug-likeness (QED) is 0.280. The van der Waals surface area contributed by atoms with Crippen molar-refractivity contribution < 1.29 is 4.74 Å². The average molecular weight is 413 g/mol. The van der Waals surface area contributed by atoms with Gasteiger partial charge in [-0.1, -0.05) is 36.4 Å². The number of para-hydroxylation sites is 1. The van der Waals surface area contributed by atoms with Gasteiger partial charge in [-0.2, -0.15) is 0 Å². The van der Waals surface area contributed by atoms with Crippen LogP contribution in [0, 0.1) is 0 Å². The topological polar surface area (TPSA) is 51.0 Å². The van der Waals surface area contributed by atoms with Crippen molar-refractivity contribution in [3.63, 3.8) is 0 Å². The van der Waals surface area contributed by atoms with Crippen molar-refractivity contribution >= 4 is 32.3 Å². The van der Waals surface area contributed by atoms with Crippen molar-refractivity contribution in [3.05, 3.63) is 84.4 Å². The summed E-state index contributed by atoms with van der Waals surface area (Å²) in [6, 6.07) is 27.1. The van der Waals surface area contributed by atoms with Gasteiger partial charge in [0, 0.05) is 15.6 Å². The first-order chi connectivity index (χ1) is 14.8. The number of aromatic amines is 1. The second-order valence-electron chi connectivity index (χ2n) is 7.50. The summed E-state index contributed by atoms with van der Waals surface area (Å²) in [6.45, 7) is 0.725. The molecule has 5 aromatic rings. The Labute approximate surface area is 180 Å². The van der Waals surface area contributed by atoms with Gasteiger partial charge in [0.2, 0.25) is 0 Å². The third-order valence-electron chi connectivity index (χ3n) is 5.41. The molecule has 150 valence electrons. The number of ether oxygens (including phenoxy) is 1. The number of rotatable bonds is 7. The molecule has 0 fully saturated rings. The molecule has 0 amide bonds. The van der Waals surface area contributed by atoms with Gasteiger partial charge in [-0.05, 0) is 79.2 Å². The smallest absolute Gasteiger partial charge is 0.128 e. The molecule has 30 heavy (non-hydrogen) atoms. The molecule has 0 saturated heterocycles. The molecular formula is C26H24N2OS. The number of H-pyrrole nitrogens is 1. The van der Waals surface area contributed by atoms with E-state index in [9.17, 15) is 0 Å². The Morgan fingerprint density at radius 3 is 2.50 bits per heavy atom. The first-order valence-corrected chi connectivity index (χ1v) is 11.2. The maximum Gasteiger partial charge on any atom is 0.128 e.